The quantitative estimate of drug-likeness (QED) is 0.573. The van der Waals surface area contributed by atoms with E-state index in [0.29, 0.717) is 16.8 Å². The van der Waals surface area contributed by atoms with Crippen molar-refractivity contribution >= 4 is 45.8 Å². The second kappa shape index (κ2) is 8.14. The molecule has 2 amide bonds. The molecule has 0 radical (unpaired) electrons. The zero-order valence-electron chi connectivity index (χ0n) is 14.1. The van der Waals surface area contributed by atoms with E-state index in [0.717, 1.165) is 9.26 Å². The van der Waals surface area contributed by atoms with Gasteiger partial charge < -0.3 is 10.2 Å². The highest BCUT2D eigenvalue weighted by molar-refractivity contribution is 14.1. The van der Waals surface area contributed by atoms with Crippen molar-refractivity contribution < 1.29 is 9.59 Å². The van der Waals surface area contributed by atoms with Gasteiger partial charge in [0, 0.05) is 33.1 Å². The second-order valence-corrected chi connectivity index (χ2v) is 6.99. The molecular formula is C21H17IN2O2. The summed E-state index contributed by atoms with van der Waals surface area (Å²) in [6.07, 6.45) is 0. The molecule has 0 saturated carbocycles. The maximum absolute atomic E-state index is 12.7. The number of hydrogen-bond acceptors (Lipinski definition) is 2. The van der Waals surface area contributed by atoms with Crippen molar-refractivity contribution in [3.63, 3.8) is 0 Å². The molecule has 4 nitrogen and oxygen atoms in total. The monoisotopic (exact) mass is 456 g/mol. The van der Waals surface area contributed by atoms with Crippen LogP contribution in [0.1, 0.15) is 20.7 Å². The number of hydrogen-bond donors (Lipinski definition) is 1. The Morgan fingerprint density at radius 2 is 1.54 bits per heavy atom. The molecular weight excluding hydrogens is 439 g/mol. The van der Waals surface area contributed by atoms with E-state index in [1.54, 1.807) is 42.3 Å². The van der Waals surface area contributed by atoms with Crippen LogP contribution in [0.2, 0.25) is 0 Å². The van der Waals surface area contributed by atoms with Crippen LogP contribution in [0.3, 0.4) is 0 Å². The Morgan fingerprint density at radius 3 is 2.27 bits per heavy atom. The van der Waals surface area contributed by atoms with Crippen LogP contribution in [0.15, 0.2) is 78.9 Å². The SMILES string of the molecule is CN(C(=O)c1cccc(NC(=O)c2cccc(I)c2)c1)c1ccccc1. The molecule has 0 atom stereocenters. The average Bonchev–Trinajstić information content (AvgIpc) is 2.67. The lowest BCUT2D eigenvalue weighted by atomic mass is 10.1. The fourth-order valence-electron chi connectivity index (χ4n) is 2.53. The normalized spacial score (nSPS) is 10.2. The van der Waals surface area contributed by atoms with E-state index >= 15 is 0 Å². The van der Waals surface area contributed by atoms with Gasteiger partial charge in [0.15, 0.2) is 0 Å². The summed E-state index contributed by atoms with van der Waals surface area (Å²) in [4.78, 5) is 26.7. The number of carbonyl (C=O) groups excluding carboxylic acids is 2. The topological polar surface area (TPSA) is 49.4 Å². The van der Waals surface area contributed by atoms with E-state index in [2.05, 4.69) is 27.9 Å². The number of amides is 2. The van der Waals surface area contributed by atoms with Crippen LogP contribution >= 0.6 is 22.6 Å². The summed E-state index contributed by atoms with van der Waals surface area (Å²) in [7, 11) is 1.73. The number of nitrogens with zero attached hydrogens (tertiary/aromatic N) is 1. The Labute approximate surface area is 166 Å². The predicted octanol–water partition coefficient (Wildman–Crippen LogP) is 4.82. The lowest BCUT2D eigenvalue weighted by Crippen LogP contribution is -2.26. The molecule has 0 aliphatic rings. The minimum absolute atomic E-state index is 0.137. The third-order valence-corrected chi connectivity index (χ3v) is 4.57. The molecule has 0 aliphatic carbocycles. The highest BCUT2D eigenvalue weighted by atomic mass is 127. The summed E-state index contributed by atoms with van der Waals surface area (Å²) in [6.45, 7) is 0. The van der Waals surface area contributed by atoms with Gasteiger partial charge in [0.25, 0.3) is 11.8 Å². The zero-order valence-corrected chi connectivity index (χ0v) is 16.3. The van der Waals surface area contributed by atoms with Crippen molar-refractivity contribution in [2.24, 2.45) is 0 Å². The standard InChI is InChI=1S/C21H17IN2O2/c1-24(19-11-3-2-4-12-19)21(26)16-8-6-10-18(14-16)23-20(25)15-7-5-9-17(22)13-15/h2-14H,1H3,(H,23,25). The number of benzene rings is 3. The summed E-state index contributed by atoms with van der Waals surface area (Å²) in [6, 6.07) is 23.7. The number of anilines is 2. The highest BCUT2D eigenvalue weighted by Gasteiger charge is 2.14. The van der Waals surface area contributed by atoms with Gasteiger partial charge in [0.2, 0.25) is 0 Å². The first kappa shape index (κ1) is 18.1. The number of rotatable bonds is 4. The molecule has 5 heteroatoms. The van der Waals surface area contributed by atoms with Crippen molar-refractivity contribution in [3.8, 4) is 0 Å². The molecule has 0 heterocycles. The first-order valence-corrected chi connectivity index (χ1v) is 9.12. The van der Waals surface area contributed by atoms with Gasteiger partial charge in [0.1, 0.15) is 0 Å². The van der Waals surface area contributed by atoms with Crippen LogP contribution in [-0.2, 0) is 0 Å². The van der Waals surface area contributed by atoms with Gasteiger partial charge in [0.05, 0.1) is 0 Å². The van der Waals surface area contributed by atoms with E-state index in [9.17, 15) is 9.59 Å². The fraction of sp³-hybridized carbons (Fsp3) is 0.0476. The zero-order chi connectivity index (χ0) is 18.5. The van der Waals surface area contributed by atoms with Crippen molar-refractivity contribution in [3.05, 3.63) is 93.6 Å². The minimum Gasteiger partial charge on any atom is -0.322 e. The van der Waals surface area contributed by atoms with Gasteiger partial charge in [-0.15, -0.1) is 0 Å². The van der Waals surface area contributed by atoms with Crippen LogP contribution in [-0.4, -0.2) is 18.9 Å². The molecule has 1 N–H and O–H groups in total. The van der Waals surface area contributed by atoms with Crippen molar-refractivity contribution in [2.75, 3.05) is 17.3 Å². The Balaban J connectivity index is 1.78. The average molecular weight is 456 g/mol. The molecule has 3 aromatic rings. The summed E-state index contributed by atoms with van der Waals surface area (Å²) in [5.74, 6) is -0.342. The van der Waals surface area contributed by atoms with Crippen LogP contribution in [0.5, 0.6) is 0 Å². The molecule has 0 aliphatic heterocycles. The van der Waals surface area contributed by atoms with Crippen LogP contribution in [0.4, 0.5) is 11.4 Å². The first-order valence-electron chi connectivity index (χ1n) is 8.05. The van der Waals surface area contributed by atoms with E-state index < -0.39 is 0 Å². The third kappa shape index (κ3) is 4.29. The summed E-state index contributed by atoms with van der Waals surface area (Å²) in [5.41, 5.74) is 2.49. The Morgan fingerprint density at radius 1 is 0.846 bits per heavy atom. The van der Waals surface area contributed by atoms with Gasteiger partial charge in [-0.25, -0.2) is 0 Å². The number of para-hydroxylation sites is 1. The number of halogens is 1. The van der Waals surface area contributed by atoms with Gasteiger partial charge in [-0.05, 0) is 71.1 Å². The first-order chi connectivity index (χ1) is 12.5. The molecule has 0 bridgehead atoms. The Hall–Kier alpha value is -2.67. The molecule has 0 saturated heterocycles. The van der Waals surface area contributed by atoms with E-state index in [1.165, 1.54) is 0 Å². The van der Waals surface area contributed by atoms with E-state index in [-0.39, 0.29) is 11.8 Å². The molecule has 3 aromatic carbocycles. The van der Waals surface area contributed by atoms with Crippen molar-refractivity contribution in [1.82, 2.24) is 0 Å². The highest BCUT2D eigenvalue weighted by Crippen LogP contribution is 2.18. The smallest absolute Gasteiger partial charge is 0.258 e. The molecule has 3 rings (SSSR count). The second-order valence-electron chi connectivity index (χ2n) is 5.74. The fourth-order valence-corrected chi connectivity index (χ4v) is 3.07. The van der Waals surface area contributed by atoms with E-state index in [4.69, 9.17) is 0 Å². The van der Waals surface area contributed by atoms with Gasteiger partial charge in [-0.2, -0.15) is 0 Å². The molecule has 0 unspecified atom stereocenters. The lowest BCUT2D eigenvalue weighted by molar-refractivity contribution is 0.0990. The Bertz CT molecular complexity index is 942. The molecule has 130 valence electrons. The van der Waals surface area contributed by atoms with Gasteiger partial charge in [-0.3, -0.25) is 9.59 Å². The molecule has 0 fully saturated rings. The van der Waals surface area contributed by atoms with Crippen LogP contribution < -0.4 is 10.2 Å². The number of carbonyl (C=O) groups is 2. The molecule has 0 spiro atoms. The third-order valence-electron chi connectivity index (χ3n) is 3.90. The predicted molar refractivity (Wildman–Crippen MR) is 113 cm³/mol. The van der Waals surface area contributed by atoms with Crippen molar-refractivity contribution in [1.29, 1.82) is 0 Å². The van der Waals surface area contributed by atoms with Crippen molar-refractivity contribution in [2.45, 2.75) is 0 Å². The van der Waals surface area contributed by atoms with E-state index in [1.807, 2.05) is 48.5 Å². The maximum atomic E-state index is 12.7. The molecule has 0 aromatic heterocycles. The largest absolute Gasteiger partial charge is 0.322 e. The van der Waals surface area contributed by atoms with Gasteiger partial charge in [-0.1, -0.05) is 30.3 Å². The lowest BCUT2D eigenvalue weighted by Gasteiger charge is -2.17. The summed E-state index contributed by atoms with van der Waals surface area (Å²) < 4.78 is 0.990. The van der Waals surface area contributed by atoms with Gasteiger partial charge >= 0.3 is 0 Å². The summed E-state index contributed by atoms with van der Waals surface area (Å²) >= 11 is 2.17. The van der Waals surface area contributed by atoms with Crippen LogP contribution in [0, 0.1) is 3.57 Å². The Kier molecular flexibility index (Phi) is 5.68. The maximum Gasteiger partial charge on any atom is 0.258 e. The minimum atomic E-state index is -0.204. The number of nitrogens with one attached hydrogen (secondary N) is 1. The summed E-state index contributed by atoms with van der Waals surface area (Å²) in [5, 5.41) is 2.85. The molecule has 26 heavy (non-hydrogen) atoms. The van der Waals surface area contributed by atoms with Crippen LogP contribution in [0.25, 0.3) is 0 Å².